The summed E-state index contributed by atoms with van der Waals surface area (Å²) in [5, 5.41) is 0. The van der Waals surface area contributed by atoms with Gasteiger partial charge in [0.1, 0.15) is 0 Å². The topological polar surface area (TPSA) is 0 Å². The van der Waals surface area contributed by atoms with Gasteiger partial charge in [0.2, 0.25) is 0 Å². The molecular formula is C13H12I-. The molecule has 72 valence electrons. The van der Waals surface area contributed by atoms with Crippen molar-refractivity contribution in [3.8, 4) is 0 Å². The molecule has 14 heavy (non-hydrogen) atoms. The van der Waals surface area contributed by atoms with E-state index in [0.29, 0.717) is 0 Å². The number of benzene rings is 2. The van der Waals surface area contributed by atoms with Crippen LogP contribution in [-0.2, 0) is 0 Å². The maximum absolute atomic E-state index is 2.25. The molecule has 1 heteroatoms. The van der Waals surface area contributed by atoms with E-state index in [-0.39, 0.29) is 21.2 Å². The fourth-order valence-electron chi connectivity index (χ4n) is 1.20. The van der Waals surface area contributed by atoms with Crippen LogP contribution in [0.2, 0.25) is 0 Å². The van der Waals surface area contributed by atoms with Crippen LogP contribution in [-0.4, -0.2) is 0 Å². The van der Waals surface area contributed by atoms with Gasteiger partial charge in [0.05, 0.1) is 0 Å². The molecule has 0 amide bonds. The van der Waals surface area contributed by atoms with E-state index in [1.807, 2.05) is 0 Å². The molecule has 0 bridgehead atoms. The van der Waals surface area contributed by atoms with Gasteiger partial charge >= 0.3 is 95.4 Å². The molecule has 0 N–H and O–H groups in total. The van der Waals surface area contributed by atoms with Crippen molar-refractivity contribution in [3.05, 3.63) is 67.3 Å². The Hall–Kier alpha value is -0.830. The van der Waals surface area contributed by atoms with Crippen LogP contribution in [0.4, 0.5) is 0 Å². The molecule has 0 fully saturated rings. The van der Waals surface area contributed by atoms with Gasteiger partial charge in [-0.3, -0.25) is 0 Å². The molecule has 0 aliphatic carbocycles. The third kappa shape index (κ3) is 2.58. The minimum absolute atomic E-state index is 0.0159. The van der Waals surface area contributed by atoms with Crippen LogP contribution in [0.15, 0.2) is 54.6 Å². The first-order valence-corrected chi connectivity index (χ1v) is 6.77. The average Bonchev–Trinajstić information content (AvgIpc) is 2.23. The van der Waals surface area contributed by atoms with Gasteiger partial charge in [0.15, 0.2) is 0 Å². The molecule has 2 aromatic rings. The SMILES string of the molecule is Cc1ccc([I-]c2ccccc2)cc1. The zero-order valence-corrected chi connectivity index (χ0v) is 10.2. The van der Waals surface area contributed by atoms with E-state index in [1.54, 1.807) is 0 Å². The molecule has 0 atom stereocenters. The maximum atomic E-state index is 2.25. The number of rotatable bonds is 2. The number of halogens is 1. The predicted molar refractivity (Wildman–Crippen MR) is 55.0 cm³/mol. The van der Waals surface area contributed by atoms with E-state index in [0.717, 1.165) is 0 Å². The van der Waals surface area contributed by atoms with Crippen LogP contribution in [0.3, 0.4) is 0 Å². The van der Waals surface area contributed by atoms with Crippen LogP contribution in [0, 0.1) is 14.1 Å². The summed E-state index contributed by atoms with van der Waals surface area (Å²) in [5.41, 5.74) is 1.34. The van der Waals surface area contributed by atoms with E-state index in [2.05, 4.69) is 61.5 Å². The molecule has 0 spiro atoms. The van der Waals surface area contributed by atoms with Gasteiger partial charge in [-0.15, -0.1) is 0 Å². The van der Waals surface area contributed by atoms with Crippen LogP contribution in [0.5, 0.6) is 0 Å². The number of aryl methyl sites for hydroxylation is 1. The summed E-state index contributed by atoms with van der Waals surface area (Å²) in [5.74, 6) is 0. The number of hydrogen-bond donors (Lipinski definition) is 0. The Morgan fingerprint density at radius 3 is 1.93 bits per heavy atom. The first kappa shape index (κ1) is 9.71. The molecule has 0 saturated carbocycles. The molecular weight excluding hydrogens is 283 g/mol. The summed E-state index contributed by atoms with van der Waals surface area (Å²) in [6.07, 6.45) is 0. The van der Waals surface area contributed by atoms with Gasteiger partial charge in [0, 0.05) is 0 Å². The first-order chi connectivity index (χ1) is 6.84. The van der Waals surface area contributed by atoms with E-state index >= 15 is 0 Å². The van der Waals surface area contributed by atoms with Gasteiger partial charge in [-0.25, -0.2) is 0 Å². The van der Waals surface area contributed by atoms with Crippen molar-refractivity contribution in [2.75, 3.05) is 0 Å². The van der Waals surface area contributed by atoms with Gasteiger partial charge in [-0.1, -0.05) is 0 Å². The molecule has 0 heterocycles. The second kappa shape index (κ2) is 4.60. The van der Waals surface area contributed by atoms with Gasteiger partial charge in [-0.2, -0.15) is 0 Å². The van der Waals surface area contributed by atoms with E-state index in [1.165, 1.54) is 12.7 Å². The monoisotopic (exact) mass is 295 g/mol. The molecule has 0 aliphatic heterocycles. The van der Waals surface area contributed by atoms with Crippen molar-refractivity contribution in [2.45, 2.75) is 6.92 Å². The Morgan fingerprint density at radius 2 is 1.29 bits per heavy atom. The summed E-state index contributed by atoms with van der Waals surface area (Å²) in [6.45, 7) is 2.13. The van der Waals surface area contributed by atoms with Crippen molar-refractivity contribution in [2.24, 2.45) is 0 Å². The van der Waals surface area contributed by atoms with Crippen molar-refractivity contribution in [3.63, 3.8) is 0 Å². The van der Waals surface area contributed by atoms with Crippen molar-refractivity contribution in [1.29, 1.82) is 0 Å². The van der Waals surface area contributed by atoms with E-state index in [4.69, 9.17) is 0 Å². The second-order valence-corrected chi connectivity index (χ2v) is 6.22. The number of hydrogen-bond acceptors (Lipinski definition) is 0. The summed E-state index contributed by atoms with van der Waals surface area (Å²) in [6, 6.07) is 19.6. The van der Waals surface area contributed by atoms with E-state index < -0.39 is 0 Å². The average molecular weight is 295 g/mol. The van der Waals surface area contributed by atoms with Gasteiger partial charge in [-0.05, 0) is 0 Å². The third-order valence-electron chi connectivity index (χ3n) is 1.96. The molecule has 0 radical (unpaired) electrons. The van der Waals surface area contributed by atoms with Crippen LogP contribution in [0.25, 0.3) is 0 Å². The van der Waals surface area contributed by atoms with Crippen molar-refractivity contribution < 1.29 is 21.2 Å². The summed E-state index contributed by atoms with van der Waals surface area (Å²) < 4.78 is 2.97. The Labute approximate surface area is 95.2 Å². The minimum atomic E-state index is 0.0159. The zero-order chi connectivity index (χ0) is 9.80. The molecule has 0 saturated heterocycles. The van der Waals surface area contributed by atoms with Crippen LogP contribution >= 0.6 is 0 Å². The molecule has 2 rings (SSSR count). The Morgan fingerprint density at radius 1 is 0.714 bits per heavy atom. The van der Waals surface area contributed by atoms with Crippen molar-refractivity contribution in [1.82, 2.24) is 0 Å². The van der Waals surface area contributed by atoms with Crippen LogP contribution < -0.4 is 21.2 Å². The van der Waals surface area contributed by atoms with Gasteiger partial charge in [0.25, 0.3) is 0 Å². The normalized spacial score (nSPS) is 10.4. The van der Waals surface area contributed by atoms with Gasteiger partial charge < -0.3 is 0 Å². The summed E-state index contributed by atoms with van der Waals surface area (Å²) in [7, 11) is 0. The second-order valence-electron chi connectivity index (χ2n) is 3.19. The molecule has 0 aromatic heterocycles. The Kier molecular flexibility index (Phi) is 3.19. The quantitative estimate of drug-likeness (QED) is 0.691. The Balaban J connectivity index is 2.16. The molecule has 0 unspecified atom stereocenters. The molecule has 0 aliphatic rings. The molecule has 2 aromatic carbocycles. The standard InChI is InChI=1S/C13H12I/c1-11-7-9-13(10-8-11)14-12-5-3-2-4-6-12/h2-10H,1H3/q-1. The Bertz CT molecular complexity index is 389. The molecule has 0 nitrogen and oxygen atoms in total. The third-order valence-corrected chi connectivity index (χ3v) is 4.65. The van der Waals surface area contributed by atoms with Crippen molar-refractivity contribution >= 4 is 0 Å². The summed E-state index contributed by atoms with van der Waals surface area (Å²) >= 11 is 0.0159. The predicted octanol–water partition coefficient (Wildman–Crippen LogP) is 0.123. The van der Waals surface area contributed by atoms with Crippen LogP contribution in [0.1, 0.15) is 5.56 Å². The fraction of sp³-hybridized carbons (Fsp3) is 0.0769. The summed E-state index contributed by atoms with van der Waals surface area (Å²) in [4.78, 5) is 0. The van der Waals surface area contributed by atoms with E-state index in [9.17, 15) is 0 Å². The first-order valence-electron chi connectivity index (χ1n) is 4.61. The zero-order valence-electron chi connectivity index (χ0n) is 8.07. The fourth-order valence-corrected chi connectivity index (χ4v) is 3.41.